The predicted molar refractivity (Wildman–Crippen MR) is 52.8 cm³/mol. The van der Waals surface area contributed by atoms with E-state index >= 15 is 0 Å². The fraction of sp³-hybridized carbons (Fsp3) is 0.250. The third kappa shape index (κ3) is 2.29. The highest BCUT2D eigenvalue weighted by atomic mass is 35.5. The molecule has 0 amide bonds. The van der Waals surface area contributed by atoms with Gasteiger partial charge < -0.3 is 0 Å². The van der Waals surface area contributed by atoms with Crippen molar-refractivity contribution < 1.29 is 0 Å². The number of benzene rings is 1. The van der Waals surface area contributed by atoms with Gasteiger partial charge in [0.1, 0.15) is 0 Å². The van der Waals surface area contributed by atoms with Gasteiger partial charge in [0, 0.05) is 15.8 Å². The van der Waals surface area contributed by atoms with E-state index in [0.717, 1.165) is 10.6 Å². The fourth-order valence-corrected chi connectivity index (χ4v) is 1.94. The first-order valence-electron chi connectivity index (χ1n) is 3.16. The van der Waals surface area contributed by atoms with Gasteiger partial charge in [-0.2, -0.15) is 0 Å². The number of alkyl halides is 1. The van der Waals surface area contributed by atoms with Gasteiger partial charge in [0.25, 0.3) is 0 Å². The van der Waals surface area contributed by atoms with Crippen LogP contribution in [0.4, 0.5) is 0 Å². The number of rotatable bonds is 2. The van der Waals surface area contributed by atoms with Crippen LogP contribution < -0.4 is 0 Å². The van der Waals surface area contributed by atoms with Gasteiger partial charge in [-0.3, -0.25) is 0 Å². The molecular weight excluding hydrogens is 199 g/mol. The zero-order valence-corrected chi connectivity index (χ0v) is 8.43. The average Bonchev–Trinajstić information content (AvgIpc) is 2.04. The smallest absolute Gasteiger partial charge is 0.0485 e. The second kappa shape index (κ2) is 4.24. The predicted octanol–water partition coefficient (Wildman–Crippen LogP) is 3.80. The third-order valence-electron chi connectivity index (χ3n) is 1.39. The van der Waals surface area contributed by atoms with Crippen molar-refractivity contribution in [3.63, 3.8) is 0 Å². The summed E-state index contributed by atoms with van der Waals surface area (Å²) < 4.78 is 0. The van der Waals surface area contributed by atoms with Crippen LogP contribution in [0.2, 0.25) is 5.02 Å². The second-order valence-electron chi connectivity index (χ2n) is 2.09. The van der Waals surface area contributed by atoms with E-state index in [1.54, 1.807) is 11.8 Å². The average molecular weight is 207 g/mol. The maximum Gasteiger partial charge on any atom is 0.0485 e. The van der Waals surface area contributed by atoms with Crippen molar-refractivity contribution in [2.24, 2.45) is 0 Å². The van der Waals surface area contributed by atoms with Crippen LogP contribution in [0, 0.1) is 0 Å². The lowest BCUT2D eigenvalue weighted by molar-refractivity contribution is 1.26. The topological polar surface area (TPSA) is 0 Å². The van der Waals surface area contributed by atoms with Crippen molar-refractivity contribution >= 4 is 35.0 Å². The van der Waals surface area contributed by atoms with Crippen molar-refractivity contribution in [1.29, 1.82) is 0 Å². The highest BCUT2D eigenvalue weighted by Crippen LogP contribution is 2.24. The van der Waals surface area contributed by atoms with Crippen LogP contribution >= 0.6 is 35.0 Å². The van der Waals surface area contributed by atoms with Gasteiger partial charge in [-0.15, -0.1) is 23.4 Å². The number of hydrogen-bond acceptors (Lipinski definition) is 1. The molecule has 0 unspecified atom stereocenters. The molecule has 0 radical (unpaired) electrons. The molecule has 0 fully saturated rings. The molecule has 11 heavy (non-hydrogen) atoms. The molecule has 1 aromatic rings. The summed E-state index contributed by atoms with van der Waals surface area (Å²) in [7, 11) is 0. The summed E-state index contributed by atoms with van der Waals surface area (Å²) in [6.07, 6.45) is 2.03. The zero-order chi connectivity index (χ0) is 8.27. The number of hydrogen-bond donors (Lipinski definition) is 0. The summed E-state index contributed by atoms with van der Waals surface area (Å²) in [5, 5.41) is 0.749. The first kappa shape index (κ1) is 9.24. The molecule has 0 saturated carbocycles. The van der Waals surface area contributed by atoms with Crippen molar-refractivity contribution in [1.82, 2.24) is 0 Å². The lowest BCUT2D eigenvalue weighted by atomic mass is 10.2. The van der Waals surface area contributed by atoms with Crippen LogP contribution in [0.15, 0.2) is 23.1 Å². The number of halogens is 2. The van der Waals surface area contributed by atoms with Gasteiger partial charge in [-0.1, -0.05) is 11.6 Å². The fourth-order valence-electron chi connectivity index (χ4n) is 0.852. The Morgan fingerprint density at radius 1 is 1.45 bits per heavy atom. The minimum atomic E-state index is 0.525. The summed E-state index contributed by atoms with van der Waals surface area (Å²) in [5.41, 5.74) is 1.10. The molecular formula is C8H8Cl2S. The summed E-state index contributed by atoms with van der Waals surface area (Å²) in [5.74, 6) is 0.525. The van der Waals surface area contributed by atoms with E-state index in [2.05, 4.69) is 0 Å². The first-order chi connectivity index (χ1) is 5.27. The van der Waals surface area contributed by atoms with Crippen molar-refractivity contribution in [3.05, 3.63) is 28.8 Å². The molecule has 0 nitrogen and oxygen atoms in total. The maximum atomic E-state index is 5.78. The van der Waals surface area contributed by atoms with Gasteiger partial charge >= 0.3 is 0 Å². The minimum absolute atomic E-state index is 0.525. The molecule has 1 rings (SSSR count). The van der Waals surface area contributed by atoms with E-state index in [0.29, 0.717) is 5.88 Å². The van der Waals surface area contributed by atoms with E-state index in [4.69, 9.17) is 23.2 Å². The quantitative estimate of drug-likeness (QED) is 0.525. The SMILES string of the molecule is CSc1ccc(Cl)cc1CCl. The lowest BCUT2D eigenvalue weighted by Crippen LogP contribution is -1.81. The van der Waals surface area contributed by atoms with E-state index in [9.17, 15) is 0 Å². The van der Waals surface area contributed by atoms with Gasteiger partial charge in [-0.25, -0.2) is 0 Å². The maximum absolute atomic E-state index is 5.78. The molecule has 0 aliphatic rings. The Labute approximate surface area is 80.9 Å². The molecule has 0 saturated heterocycles. The summed E-state index contributed by atoms with van der Waals surface area (Å²) in [4.78, 5) is 1.20. The van der Waals surface area contributed by atoms with Crippen LogP contribution in [-0.2, 0) is 5.88 Å². The largest absolute Gasteiger partial charge is 0.129 e. The lowest BCUT2D eigenvalue weighted by Gasteiger charge is -2.02. The van der Waals surface area contributed by atoms with Crippen LogP contribution in [0.1, 0.15) is 5.56 Å². The van der Waals surface area contributed by atoms with E-state index in [1.807, 2.05) is 24.5 Å². The van der Waals surface area contributed by atoms with Gasteiger partial charge in [0.15, 0.2) is 0 Å². The molecule has 0 atom stereocenters. The molecule has 0 aromatic heterocycles. The monoisotopic (exact) mass is 206 g/mol. The summed E-state index contributed by atoms with van der Waals surface area (Å²) >= 11 is 13.2. The van der Waals surface area contributed by atoms with Crippen LogP contribution in [0.5, 0.6) is 0 Å². The van der Waals surface area contributed by atoms with E-state index in [1.165, 1.54) is 4.90 Å². The van der Waals surface area contributed by atoms with Crippen LogP contribution in [-0.4, -0.2) is 6.26 Å². The Hall–Kier alpha value is 0.150. The van der Waals surface area contributed by atoms with E-state index < -0.39 is 0 Å². The van der Waals surface area contributed by atoms with Gasteiger partial charge in [-0.05, 0) is 30.0 Å². The summed E-state index contributed by atoms with van der Waals surface area (Å²) in [6.45, 7) is 0. The zero-order valence-electron chi connectivity index (χ0n) is 6.10. The molecule has 60 valence electrons. The second-order valence-corrected chi connectivity index (χ2v) is 3.64. The van der Waals surface area contributed by atoms with Gasteiger partial charge in [0.2, 0.25) is 0 Å². The molecule has 0 N–H and O–H groups in total. The molecule has 1 aromatic carbocycles. The molecule has 0 spiro atoms. The molecule has 0 aliphatic carbocycles. The Balaban J connectivity index is 3.06. The van der Waals surface area contributed by atoms with Crippen LogP contribution in [0.25, 0.3) is 0 Å². The van der Waals surface area contributed by atoms with Gasteiger partial charge in [0.05, 0.1) is 0 Å². The Morgan fingerprint density at radius 3 is 2.73 bits per heavy atom. The molecule has 0 bridgehead atoms. The molecule has 0 heterocycles. The Kier molecular flexibility index (Phi) is 3.57. The highest BCUT2D eigenvalue weighted by Gasteiger charge is 1.99. The summed E-state index contributed by atoms with van der Waals surface area (Å²) in [6, 6.07) is 5.77. The third-order valence-corrected chi connectivity index (χ3v) is 2.75. The Morgan fingerprint density at radius 2 is 2.18 bits per heavy atom. The normalized spacial score (nSPS) is 10.1. The first-order valence-corrected chi connectivity index (χ1v) is 5.30. The van der Waals surface area contributed by atoms with Crippen molar-refractivity contribution in [2.45, 2.75) is 10.8 Å². The van der Waals surface area contributed by atoms with Crippen molar-refractivity contribution in [3.8, 4) is 0 Å². The standard InChI is InChI=1S/C8H8Cl2S/c1-11-8-3-2-7(10)4-6(8)5-9/h2-4H,5H2,1H3. The van der Waals surface area contributed by atoms with Crippen molar-refractivity contribution in [2.75, 3.05) is 6.26 Å². The van der Waals surface area contributed by atoms with Crippen LogP contribution in [0.3, 0.4) is 0 Å². The molecule has 0 aliphatic heterocycles. The number of thioether (sulfide) groups is 1. The highest BCUT2D eigenvalue weighted by molar-refractivity contribution is 7.98. The molecule has 3 heteroatoms. The van der Waals surface area contributed by atoms with E-state index in [-0.39, 0.29) is 0 Å². The minimum Gasteiger partial charge on any atom is -0.129 e. The Bertz CT molecular complexity index is 248.